The van der Waals surface area contributed by atoms with Crippen LogP contribution < -0.4 is 4.90 Å². The molecule has 0 fully saturated rings. The first-order valence-electron chi connectivity index (χ1n) is 9.84. The van der Waals surface area contributed by atoms with E-state index in [9.17, 15) is 4.79 Å². The van der Waals surface area contributed by atoms with E-state index in [-0.39, 0.29) is 5.91 Å². The molecule has 1 aliphatic heterocycles. The third-order valence-corrected chi connectivity index (χ3v) is 7.04. The topological polar surface area (TPSA) is 61.9 Å². The maximum atomic E-state index is 13.0. The highest BCUT2D eigenvalue weighted by Gasteiger charge is 2.24. The van der Waals surface area contributed by atoms with Gasteiger partial charge in [-0.15, -0.1) is 16.9 Å². The van der Waals surface area contributed by atoms with Crippen LogP contribution in [0, 0.1) is 0 Å². The van der Waals surface area contributed by atoms with E-state index >= 15 is 0 Å². The second-order valence-corrected chi connectivity index (χ2v) is 9.46. The van der Waals surface area contributed by atoms with Crippen LogP contribution >= 0.6 is 23.5 Å². The summed E-state index contributed by atoms with van der Waals surface area (Å²) >= 11 is 3.22. The highest BCUT2D eigenvalue weighted by Crippen LogP contribution is 2.37. The summed E-state index contributed by atoms with van der Waals surface area (Å²) < 4.78 is 0. The first-order valence-corrected chi connectivity index (χ1v) is 11.7. The second-order valence-electron chi connectivity index (χ2n) is 7.04. The minimum absolute atomic E-state index is 0.0933. The van der Waals surface area contributed by atoms with Crippen LogP contribution in [0.2, 0.25) is 0 Å². The van der Waals surface area contributed by atoms with Crippen molar-refractivity contribution >= 4 is 35.1 Å². The molecular formula is C22H24N4OS2. The highest BCUT2D eigenvalue weighted by atomic mass is 32.2. The molecule has 7 heteroatoms. The van der Waals surface area contributed by atoms with Gasteiger partial charge in [0.15, 0.2) is 5.82 Å². The van der Waals surface area contributed by atoms with E-state index < -0.39 is 0 Å². The second kappa shape index (κ2) is 9.05. The first-order chi connectivity index (χ1) is 14.1. The number of hydrogen-bond donors (Lipinski definition) is 1. The van der Waals surface area contributed by atoms with E-state index in [0.29, 0.717) is 16.2 Å². The molecule has 29 heavy (non-hydrogen) atoms. The Balaban J connectivity index is 1.43. The summed E-state index contributed by atoms with van der Waals surface area (Å²) in [7, 11) is 0. The molecule has 0 bridgehead atoms. The summed E-state index contributed by atoms with van der Waals surface area (Å²) in [5.74, 6) is 1.14. The Kier molecular flexibility index (Phi) is 6.25. The third-order valence-electron chi connectivity index (χ3n) is 4.97. The van der Waals surface area contributed by atoms with E-state index in [0.717, 1.165) is 36.5 Å². The van der Waals surface area contributed by atoms with Gasteiger partial charge in [-0.25, -0.2) is 4.98 Å². The van der Waals surface area contributed by atoms with E-state index in [2.05, 4.69) is 47.2 Å². The highest BCUT2D eigenvalue weighted by molar-refractivity contribution is 8.00. The van der Waals surface area contributed by atoms with Gasteiger partial charge in [0.2, 0.25) is 11.1 Å². The molecule has 1 atom stereocenters. The molecule has 1 aromatic heterocycles. The summed E-state index contributed by atoms with van der Waals surface area (Å²) in [5, 5.41) is 8.36. The van der Waals surface area contributed by atoms with Crippen LogP contribution in [0.4, 0.5) is 5.69 Å². The minimum Gasteiger partial charge on any atom is -0.311 e. The van der Waals surface area contributed by atoms with Crippen molar-refractivity contribution in [1.82, 2.24) is 15.2 Å². The fraction of sp³-hybridized carbons (Fsp3) is 0.318. The Morgan fingerprint density at radius 2 is 2.03 bits per heavy atom. The lowest BCUT2D eigenvalue weighted by molar-refractivity contribution is -0.116. The van der Waals surface area contributed by atoms with Gasteiger partial charge < -0.3 is 4.90 Å². The Morgan fingerprint density at radius 1 is 1.24 bits per heavy atom. The molecule has 2 heterocycles. The fourth-order valence-corrected chi connectivity index (χ4v) is 5.08. The van der Waals surface area contributed by atoms with Gasteiger partial charge in [0, 0.05) is 22.3 Å². The van der Waals surface area contributed by atoms with Crippen molar-refractivity contribution in [1.29, 1.82) is 0 Å². The van der Waals surface area contributed by atoms with E-state index in [4.69, 9.17) is 0 Å². The number of carbonyl (C=O) groups is 1. The molecule has 0 saturated carbocycles. The molecule has 0 unspecified atom stereocenters. The number of thioether (sulfide) groups is 2. The fourth-order valence-electron chi connectivity index (χ4n) is 3.29. The molecule has 0 spiro atoms. The summed E-state index contributed by atoms with van der Waals surface area (Å²) in [5.41, 5.74) is 3.30. The number of aryl methyl sites for hydroxylation is 1. The van der Waals surface area contributed by atoms with Gasteiger partial charge in [0.25, 0.3) is 0 Å². The normalized spacial score (nSPS) is 16.3. The predicted octanol–water partition coefficient (Wildman–Crippen LogP) is 5.04. The van der Waals surface area contributed by atoms with Gasteiger partial charge in [-0.05, 0) is 30.5 Å². The number of para-hydroxylation sites is 1. The van der Waals surface area contributed by atoms with Crippen molar-refractivity contribution in [2.75, 3.05) is 17.2 Å². The number of H-pyrrole nitrogens is 1. The van der Waals surface area contributed by atoms with Crippen molar-refractivity contribution in [3.63, 3.8) is 0 Å². The zero-order chi connectivity index (χ0) is 20.2. The van der Waals surface area contributed by atoms with Gasteiger partial charge in [0.1, 0.15) is 0 Å². The Hall–Kier alpha value is -2.25. The molecule has 0 radical (unpaired) electrons. The van der Waals surface area contributed by atoms with Crippen LogP contribution in [-0.4, -0.2) is 38.6 Å². The van der Waals surface area contributed by atoms with Crippen LogP contribution in [0.1, 0.15) is 25.8 Å². The number of anilines is 1. The number of rotatable bonds is 5. The van der Waals surface area contributed by atoms with Crippen molar-refractivity contribution in [3.8, 4) is 11.4 Å². The SMILES string of the molecule is CCc1ccc(-c2nc(SCC(=O)N3CC[C@H](C)Sc4ccccc43)n[nH]2)cc1. The Labute approximate surface area is 179 Å². The maximum Gasteiger partial charge on any atom is 0.237 e. The molecule has 1 amide bonds. The Morgan fingerprint density at radius 3 is 2.83 bits per heavy atom. The lowest BCUT2D eigenvalue weighted by Gasteiger charge is -2.22. The van der Waals surface area contributed by atoms with Crippen molar-refractivity contribution < 1.29 is 4.79 Å². The lowest BCUT2D eigenvalue weighted by Crippen LogP contribution is -2.33. The smallest absolute Gasteiger partial charge is 0.237 e. The van der Waals surface area contributed by atoms with E-state index in [1.165, 1.54) is 22.2 Å². The van der Waals surface area contributed by atoms with Crippen LogP contribution in [0.5, 0.6) is 0 Å². The molecule has 5 nitrogen and oxygen atoms in total. The van der Waals surface area contributed by atoms with Gasteiger partial charge in [-0.3, -0.25) is 9.89 Å². The summed E-state index contributed by atoms with van der Waals surface area (Å²) in [4.78, 5) is 20.6. The number of benzene rings is 2. The molecule has 3 aromatic rings. The van der Waals surface area contributed by atoms with Gasteiger partial charge in [-0.1, -0.05) is 62.0 Å². The zero-order valence-electron chi connectivity index (χ0n) is 16.6. The van der Waals surface area contributed by atoms with Crippen LogP contribution in [0.25, 0.3) is 11.4 Å². The van der Waals surface area contributed by atoms with E-state index in [1.54, 1.807) is 0 Å². The average molecular weight is 425 g/mol. The first kappa shape index (κ1) is 20.0. The van der Waals surface area contributed by atoms with Crippen molar-refractivity contribution in [2.24, 2.45) is 0 Å². The summed E-state index contributed by atoms with van der Waals surface area (Å²) in [6, 6.07) is 16.5. The van der Waals surface area contributed by atoms with Crippen LogP contribution in [-0.2, 0) is 11.2 Å². The maximum absolute atomic E-state index is 13.0. The molecule has 4 rings (SSSR count). The number of carbonyl (C=O) groups excluding carboxylic acids is 1. The molecule has 0 aliphatic carbocycles. The molecular weight excluding hydrogens is 400 g/mol. The monoisotopic (exact) mass is 424 g/mol. The molecule has 1 aliphatic rings. The molecule has 2 aromatic carbocycles. The quantitative estimate of drug-likeness (QED) is 0.581. The molecule has 1 N–H and O–H groups in total. The number of nitrogens with one attached hydrogen (secondary N) is 1. The predicted molar refractivity (Wildman–Crippen MR) is 121 cm³/mol. The number of aromatic nitrogens is 3. The number of aromatic amines is 1. The summed E-state index contributed by atoms with van der Waals surface area (Å²) in [6.45, 7) is 5.09. The number of hydrogen-bond acceptors (Lipinski definition) is 5. The number of amides is 1. The number of fused-ring (bicyclic) bond motifs is 1. The van der Waals surface area contributed by atoms with Crippen molar-refractivity contribution in [3.05, 3.63) is 54.1 Å². The van der Waals surface area contributed by atoms with Gasteiger partial charge in [0.05, 0.1) is 11.4 Å². The standard InChI is InChI=1S/C22H24N4OS2/c1-3-16-8-10-17(11-9-16)21-23-22(25-24-21)28-14-20(27)26-13-12-15(2)29-19-7-5-4-6-18(19)26/h4-11,15H,3,12-14H2,1-2H3,(H,23,24,25)/t15-/m0/s1. The number of nitrogens with zero attached hydrogens (tertiary/aromatic N) is 3. The lowest BCUT2D eigenvalue weighted by atomic mass is 10.1. The van der Waals surface area contributed by atoms with Gasteiger partial charge >= 0.3 is 0 Å². The minimum atomic E-state index is 0.0933. The van der Waals surface area contributed by atoms with E-state index in [1.807, 2.05) is 47.0 Å². The third kappa shape index (κ3) is 4.67. The van der Waals surface area contributed by atoms with Gasteiger partial charge in [-0.2, -0.15) is 0 Å². The Bertz CT molecular complexity index is 986. The van der Waals surface area contributed by atoms with Crippen LogP contribution in [0.3, 0.4) is 0 Å². The summed E-state index contributed by atoms with van der Waals surface area (Å²) in [6.07, 6.45) is 1.99. The molecule has 150 valence electrons. The zero-order valence-corrected chi connectivity index (χ0v) is 18.2. The van der Waals surface area contributed by atoms with Crippen molar-refractivity contribution in [2.45, 2.75) is 42.0 Å². The van der Waals surface area contributed by atoms with Crippen LogP contribution in [0.15, 0.2) is 58.6 Å². The largest absolute Gasteiger partial charge is 0.311 e. The average Bonchev–Trinajstić information content (AvgIpc) is 3.15. The molecule has 0 saturated heterocycles.